The summed E-state index contributed by atoms with van der Waals surface area (Å²) in [4.78, 5) is 54.1. The molecule has 0 saturated carbocycles. The van der Waals surface area contributed by atoms with Gasteiger partial charge in [-0.05, 0) is 0 Å². The first-order valence-electron chi connectivity index (χ1n) is 6.78. The lowest BCUT2D eigenvalue weighted by Crippen LogP contribution is -2.40. The molecule has 0 amide bonds. The van der Waals surface area contributed by atoms with E-state index in [9.17, 15) is 24.1 Å². The fourth-order valence-electron chi connectivity index (χ4n) is 2.37. The Bertz CT molecular complexity index is 811. The number of phosphoric ester groups is 1. The zero-order valence-corrected chi connectivity index (χ0v) is 13.3. The van der Waals surface area contributed by atoms with Gasteiger partial charge in [-0.25, -0.2) is 9.36 Å². The van der Waals surface area contributed by atoms with Gasteiger partial charge in [-0.1, -0.05) is 0 Å². The van der Waals surface area contributed by atoms with Crippen LogP contribution in [-0.2, 0) is 25.0 Å². The second-order valence-corrected chi connectivity index (χ2v) is 6.38. The number of rotatable bonds is 6. The Labute approximate surface area is 138 Å². The van der Waals surface area contributed by atoms with Crippen molar-refractivity contribution in [2.24, 2.45) is 0 Å². The first-order chi connectivity index (χ1) is 11.5. The summed E-state index contributed by atoms with van der Waals surface area (Å²) in [5, 5.41) is 27.9. The highest BCUT2D eigenvalue weighted by Crippen LogP contribution is 2.44. The molecule has 14 heteroatoms. The molecule has 0 spiro atoms. The number of nitrogens with zero attached hydrogens (tertiary/aromatic N) is 1. The Hall–Kier alpha value is -1.86. The number of carboxylic acids is 1. The SMILES string of the molecule is O=C(O)Cc1cn(C2OC(CO)C(O)C2OP(=O)(O)O)c(=O)[nH]c1=O. The highest BCUT2D eigenvalue weighted by molar-refractivity contribution is 7.46. The minimum absolute atomic E-state index is 0.340. The smallest absolute Gasteiger partial charge is 0.470 e. The van der Waals surface area contributed by atoms with E-state index >= 15 is 0 Å². The lowest BCUT2D eigenvalue weighted by atomic mass is 10.1. The van der Waals surface area contributed by atoms with E-state index in [1.807, 2.05) is 4.98 Å². The number of hydrogen-bond donors (Lipinski definition) is 6. The van der Waals surface area contributed by atoms with Crippen molar-refractivity contribution in [3.8, 4) is 0 Å². The van der Waals surface area contributed by atoms with Crippen molar-refractivity contribution in [3.63, 3.8) is 0 Å². The number of phosphoric acid groups is 1. The Morgan fingerprint density at radius 3 is 2.56 bits per heavy atom. The number of carbonyl (C=O) groups is 1. The van der Waals surface area contributed by atoms with Gasteiger partial charge in [0.2, 0.25) is 0 Å². The van der Waals surface area contributed by atoms with Gasteiger partial charge in [0, 0.05) is 11.8 Å². The van der Waals surface area contributed by atoms with Crippen molar-refractivity contribution in [2.45, 2.75) is 31.0 Å². The van der Waals surface area contributed by atoms with Crippen LogP contribution in [0.3, 0.4) is 0 Å². The van der Waals surface area contributed by atoms with E-state index in [4.69, 9.17) is 24.7 Å². The summed E-state index contributed by atoms with van der Waals surface area (Å²) in [6.45, 7) is -0.751. The number of aliphatic hydroxyl groups excluding tert-OH is 2. The second-order valence-electron chi connectivity index (χ2n) is 5.19. The molecule has 1 saturated heterocycles. The quantitative estimate of drug-likeness (QED) is 0.271. The molecule has 1 aromatic rings. The van der Waals surface area contributed by atoms with Crippen LogP contribution in [-0.4, -0.2) is 65.5 Å². The summed E-state index contributed by atoms with van der Waals surface area (Å²) < 4.78 is 21.3. The summed E-state index contributed by atoms with van der Waals surface area (Å²) in [7, 11) is -5.11. The molecular weight excluding hydrogens is 367 g/mol. The van der Waals surface area contributed by atoms with E-state index in [0.717, 1.165) is 6.20 Å². The number of H-pyrrole nitrogens is 1. The molecule has 1 aromatic heterocycles. The first kappa shape index (κ1) is 19.5. The maximum Gasteiger partial charge on any atom is 0.470 e. The van der Waals surface area contributed by atoms with E-state index in [1.165, 1.54) is 0 Å². The highest BCUT2D eigenvalue weighted by Gasteiger charge is 2.48. The van der Waals surface area contributed by atoms with Crippen LogP contribution in [0.4, 0.5) is 0 Å². The minimum atomic E-state index is -5.11. The topological polar surface area (TPSA) is 209 Å². The Balaban J connectivity index is 2.49. The molecule has 13 nitrogen and oxygen atoms in total. The Morgan fingerprint density at radius 2 is 2.04 bits per heavy atom. The Kier molecular flexibility index (Phi) is 5.58. The van der Waals surface area contributed by atoms with E-state index in [1.54, 1.807) is 0 Å². The summed E-state index contributed by atoms with van der Waals surface area (Å²) in [5.41, 5.74) is -2.39. The van der Waals surface area contributed by atoms with Gasteiger partial charge in [-0.3, -0.25) is 23.7 Å². The van der Waals surface area contributed by atoms with E-state index in [-0.39, 0.29) is 5.56 Å². The normalized spacial score (nSPS) is 26.7. The number of carboxylic acid groups (broad SMARTS) is 1. The third-order valence-corrected chi connectivity index (χ3v) is 3.93. The van der Waals surface area contributed by atoms with Crippen molar-refractivity contribution in [3.05, 3.63) is 32.6 Å². The maximum absolute atomic E-state index is 12.0. The zero-order chi connectivity index (χ0) is 18.9. The van der Waals surface area contributed by atoms with Crippen molar-refractivity contribution in [1.29, 1.82) is 0 Å². The van der Waals surface area contributed by atoms with Crippen LogP contribution in [0.1, 0.15) is 11.8 Å². The molecule has 2 heterocycles. The van der Waals surface area contributed by atoms with Crippen LogP contribution >= 0.6 is 7.82 Å². The van der Waals surface area contributed by atoms with Crippen LogP contribution in [0.2, 0.25) is 0 Å². The summed E-state index contributed by atoms with van der Waals surface area (Å²) in [5.74, 6) is -1.36. The molecule has 25 heavy (non-hydrogen) atoms. The molecule has 0 aromatic carbocycles. The van der Waals surface area contributed by atoms with Gasteiger partial charge in [-0.15, -0.1) is 0 Å². The van der Waals surface area contributed by atoms with Crippen molar-refractivity contribution in [1.82, 2.24) is 9.55 Å². The van der Waals surface area contributed by atoms with Crippen LogP contribution in [0.5, 0.6) is 0 Å². The van der Waals surface area contributed by atoms with Crippen LogP contribution in [0, 0.1) is 0 Å². The largest absolute Gasteiger partial charge is 0.481 e. The zero-order valence-electron chi connectivity index (χ0n) is 12.4. The number of aromatic amines is 1. The molecule has 4 atom stereocenters. The number of hydrogen-bond acceptors (Lipinski definition) is 8. The van der Waals surface area contributed by atoms with Gasteiger partial charge in [0.15, 0.2) is 6.23 Å². The van der Waals surface area contributed by atoms with Crippen molar-refractivity contribution in [2.75, 3.05) is 6.61 Å². The lowest BCUT2D eigenvalue weighted by Gasteiger charge is -2.22. The molecule has 0 bridgehead atoms. The third-order valence-electron chi connectivity index (χ3n) is 3.41. The first-order valence-corrected chi connectivity index (χ1v) is 8.31. The lowest BCUT2D eigenvalue weighted by molar-refractivity contribution is -0.136. The number of aliphatic hydroxyl groups is 2. The average molecular weight is 382 g/mol. The fourth-order valence-corrected chi connectivity index (χ4v) is 2.92. The van der Waals surface area contributed by atoms with Gasteiger partial charge in [-0.2, -0.15) is 0 Å². The van der Waals surface area contributed by atoms with Crippen LogP contribution < -0.4 is 11.2 Å². The summed E-state index contributed by atoms with van der Waals surface area (Å²) >= 11 is 0. The van der Waals surface area contributed by atoms with Gasteiger partial charge in [0.1, 0.15) is 18.3 Å². The molecule has 6 N–H and O–H groups in total. The average Bonchev–Trinajstić information content (AvgIpc) is 2.76. The van der Waals surface area contributed by atoms with Gasteiger partial charge < -0.3 is 29.8 Å². The number of aromatic nitrogens is 2. The number of nitrogens with one attached hydrogen (secondary N) is 1. The minimum Gasteiger partial charge on any atom is -0.481 e. The van der Waals surface area contributed by atoms with E-state index in [0.29, 0.717) is 4.57 Å². The third kappa shape index (κ3) is 4.41. The van der Waals surface area contributed by atoms with Gasteiger partial charge in [0.25, 0.3) is 5.56 Å². The molecule has 0 aliphatic carbocycles. The standard InChI is InChI=1S/C11H15N2O11P/c14-3-5-7(17)8(24-25(20,21)22)10(23-5)13-2-4(1-6(15)16)9(18)12-11(13)19/h2,5,7-8,10,14,17H,1,3H2,(H,15,16)(H,12,18,19)(H2,20,21,22). The van der Waals surface area contributed by atoms with Crippen LogP contribution in [0.25, 0.3) is 0 Å². The number of aliphatic carboxylic acids is 1. The number of ether oxygens (including phenoxy) is 1. The Morgan fingerprint density at radius 1 is 1.40 bits per heavy atom. The van der Waals surface area contributed by atoms with Gasteiger partial charge >= 0.3 is 19.5 Å². The molecule has 2 rings (SSSR count). The molecule has 140 valence electrons. The molecule has 1 aliphatic rings. The van der Waals surface area contributed by atoms with E-state index < -0.39 is 62.6 Å². The molecule has 0 radical (unpaired) electrons. The van der Waals surface area contributed by atoms with Crippen LogP contribution in [0.15, 0.2) is 15.8 Å². The second kappa shape index (κ2) is 7.17. The van der Waals surface area contributed by atoms with Crippen molar-refractivity contribution >= 4 is 13.8 Å². The van der Waals surface area contributed by atoms with E-state index in [2.05, 4.69) is 4.52 Å². The summed E-state index contributed by atoms with van der Waals surface area (Å²) in [6, 6.07) is 0. The van der Waals surface area contributed by atoms with Gasteiger partial charge in [0.05, 0.1) is 13.0 Å². The summed E-state index contributed by atoms with van der Waals surface area (Å²) in [6.07, 6.45) is -6.34. The predicted molar refractivity (Wildman–Crippen MR) is 76.6 cm³/mol. The molecular formula is C11H15N2O11P. The molecule has 4 unspecified atom stereocenters. The maximum atomic E-state index is 12.0. The predicted octanol–water partition coefficient (Wildman–Crippen LogP) is -3.11. The monoisotopic (exact) mass is 382 g/mol. The van der Waals surface area contributed by atoms with Crippen molar-refractivity contribution < 1.29 is 43.7 Å². The molecule has 1 fully saturated rings. The fraction of sp³-hybridized carbons (Fsp3) is 0.545. The highest BCUT2D eigenvalue weighted by atomic mass is 31.2. The molecule has 1 aliphatic heterocycles.